The Bertz CT molecular complexity index is 1510. The molecular formula is C36H61N11O10+2. The maximum atomic E-state index is 14.0. The van der Waals surface area contributed by atoms with Crippen molar-refractivity contribution in [3.63, 3.8) is 0 Å². The Labute approximate surface area is 331 Å². The number of amides is 6. The van der Waals surface area contributed by atoms with Crippen LogP contribution in [-0.2, 0) is 40.0 Å². The van der Waals surface area contributed by atoms with Crippen LogP contribution in [0, 0.1) is 0 Å². The van der Waals surface area contributed by atoms with Crippen molar-refractivity contribution >= 4 is 47.7 Å². The van der Waals surface area contributed by atoms with Crippen LogP contribution in [0.1, 0.15) is 57.4 Å². The standard InChI is InChI=1S/C36H59N11O10/c1-21(51)29(38)34(56)46-27(20-50)35(57)47-16-8-13-28(47)33(55)44-24(11-5-6-14-37)31(53)45-26(17-22-9-3-2-4-10-22)32(54)43-25(12-7-15-41-36(39)40)30(52)42-23(18-48)19-49/h2-4,9-10,18,21,23-29,49-51H,5-8,11-17,19-20,37-38H2,1H3,(H,42,52)(H,43,54)(H,44,55)(H,45,53)(H,46,56)(H4,39,40,41)/p+2/t21-,23-,24+,25+,26+,27+,28+,29+/m1/s1. The Morgan fingerprint density at radius 1 is 0.860 bits per heavy atom. The van der Waals surface area contributed by atoms with Crippen LogP contribution in [0.5, 0.6) is 0 Å². The van der Waals surface area contributed by atoms with E-state index in [0.29, 0.717) is 44.1 Å². The number of carbonyl (C=O) groups is 7. The SMILES string of the molecule is C[C@@H](O)[C@H](N)C(=O)N[C@@H](CO)C(=O)N1CCC[C@H]1C(=O)N[C@@H](CCCC[NH3+])C(=O)N[C@@H](Cc1ccccc1)C(=O)N[C@@H](CCC[NH+]=C(N)N)C(=O)N[C@H](C=O)CO. The van der Waals surface area contributed by atoms with Gasteiger partial charge in [0.2, 0.25) is 35.4 Å². The van der Waals surface area contributed by atoms with Gasteiger partial charge < -0.3 is 63.1 Å². The summed E-state index contributed by atoms with van der Waals surface area (Å²) in [6.07, 6.45) is 1.31. The minimum absolute atomic E-state index is 0.0159. The summed E-state index contributed by atoms with van der Waals surface area (Å²) in [5, 5.41) is 41.8. The van der Waals surface area contributed by atoms with E-state index in [1.165, 1.54) is 11.8 Å². The van der Waals surface area contributed by atoms with Gasteiger partial charge in [-0.2, -0.15) is 0 Å². The van der Waals surface area contributed by atoms with E-state index in [4.69, 9.17) is 17.2 Å². The molecule has 0 aliphatic carbocycles. The number of carbonyl (C=O) groups excluding carboxylic acids is 7. The summed E-state index contributed by atoms with van der Waals surface area (Å²) in [4.78, 5) is 96.1. The lowest BCUT2D eigenvalue weighted by molar-refractivity contribution is -0.459. The Morgan fingerprint density at radius 3 is 2.05 bits per heavy atom. The largest absolute Gasteiger partial charge is 0.394 e. The maximum Gasteiger partial charge on any atom is 0.338 e. The Hall–Kier alpha value is -5.22. The zero-order valence-corrected chi connectivity index (χ0v) is 32.4. The third-order valence-electron chi connectivity index (χ3n) is 9.32. The fourth-order valence-electron chi connectivity index (χ4n) is 6.06. The van der Waals surface area contributed by atoms with Gasteiger partial charge in [0.15, 0.2) is 0 Å². The molecule has 0 saturated carbocycles. The molecule has 318 valence electrons. The van der Waals surface area contributed by atoms with Crippen LogP contribution in [-0.4, -0.2) is 149 Å². The maximum absolute atomic E-state index is 14.0. The second-order valence-electron chi connectivity index (χ2n) is 13.9. The molecule has 21 nitrogen and oxygen atoms in total. The summed E-state index contributed by atoms with van der Waals surface area (Å²) in [6, 6.07) is -0.00243. The summed E-state index contributed by atoms with van der Waals surface area (Å²) >= 11 is 0. The van der Waals surface area contributed by atoms with E-state index in [-0.39, 0.29) is 44.7 Å². The summed E-state index contributed by atoms with van der Waals surface area (Å²) in [6.45, 7) is 0.736. The predicted octanol–water partition coefficient (Wildman–Crippen LogP) is -7.92. The fourth-order valence-corrected chi connectivity index (χ4v) is 6.06. The Balaban J connectivity index is 2.34. The van der Waals surface area contributed by atoms with Gasteiger partial charge in [-0.25, -0.2) is 0 Å². The number of aldehydes is 1. The first-order valence-electron chi connectivity index (χ1n) is 19.0. The monoisotopic (exact) mass is 807 g/mol. The van der Waals surface area contributed by atoms with Gasteiger partial charge in [0.25, 0.3) is 0 Å². The molecular weight excluding hydrogens is 746 g/mol. The average molecular weight is 808 g/mol. The number of benzene rings is 1. The highest BCUT2D eigenvalue weighted by atomic mass is 16.3. The number of nitrogens with one attached hydrogen (secondary N) is 6. The van der Waals surface area contributed by atoms with Crippen LogP contribution in [0.15, 0.2) is 30.3 Å². The first-order valence-corrected chi connectivity index (χ1v) is 19.0. The molecule has 0 aromatic heterocycles. The van der Waals surface area contributed by atoms with Gasteiger partial charge in [0.1, 0.15) is 48.6 Å². The summed E-state index contributed by atoms with van der Waals surface area (Å²) in [7, 11) is 0. The predicted molar refractivity (Wildman–Crippen MR) is 204 cm³/mol. The molecule has 57 heavy (non-hydrogen) atoms. The van der Waals surface area contributed by atoms with Crippen LogP contribution < -0.4 is 54.5 Å². The van der Waals surface area contributed by atoms with Gasteiger partial charge >= 0.3 is 5.96 Å². The van der Waals surface area contributed by atoms with Crippen LogP contribution >= 0.6 is 0 Å². The number of guanidine groups is 1. The zero-order chi connectivity index (χ0) is 42.5. The number of nitrogens with two attached hydrogens (primary N) is 3. The Kier molecular flexibility index (Phi) is 21.1. The molecule has 1 aromatic rings. The number of hydrogen-bond donors (Lipinski definition) is 13. The topological polar surface area (TPSA) is 363 Å². The quantitative estimate of drug-likeness (QED) is 0.0189. The molecule has 0 radical (unpaired) electrons. The van der Waals surface area contributed by atoms with Crippen molar-refractivity contribution in [2.75, 3.05) is 32.8 Å². The number of quaternary nitrogens is 1. The summed E-state index contributed by atoms with van der Waals surface area (Å²) in [5.41, 5.74) is 21.1. The van der Waals surface area contributed by atoms with Gasteiger partial charge in [-0.15, -0.1) is 0 Å². The lowest BCUT2D eigenvalue weighted by Gasteiger charge is -2.30. The molecule has 21 heteroatoms. The molecule has 1 aliphatic heterocycles. The number of hydrogen-bond acceptors (Lipinski definition) is 11. The van der Waals surface area contributed by atoms with E-state index in [0.717, 1.165) is 0 Å². The third-order valence-corrected chi connectivity index (χ3v) is 9.32. The van der Waals surface area contributed by atoms with Gasteiger partial charge in [-0.05, 0) is 57.4 Å². The molecule has 1 aromatic carbocycles. The van der Waals surface area contributed by atoms with Crippen molar-refractivity contribution in [3.8, 4) is 0 Å². The highest BCUT2D eigenvalue weighted by molar-refractivity contribution is 5.97. The van der Waals surface area contributed by atoms with Gasteiger partial charge in [-0.3, -0.25) is 45.2 Å². The molecule has 1 fully saturated rings. The summed E-state index contributed by atoms with van der Waals surface area (Å²) in [5.74, 6) is -4.57. The second kappa shape index (κ2) is 25.1. The van der Waals surface area contributed by atoms with Gasteiger partial charge in [0.05, 0.1) is 32.4 Å². The molecule has 0 spiro atoms. The number of aliphatic hydroxyl groups is 3. The number of unbranched alkanes of at least 4 members (excludes halogenated alkanes) is 1. The lowest BCUT2D eigenvalue weighted by Crippen LogP contribution is -2.78. The number of rotatable bonds is 25. The number of nitrogens with zero attached hydrogens (tertiary/aromatic N) is 1. The van der Waals surface area contributed by atoms with E-state index in [1.807, 2.05) is 0 Å². The molecule has 1 saturated heterocycles. The minimum Gasteiger partial charge on any atom is -0.394 e. The van der Waals surface area contributed by atoms with Crippen molar-refractivity contribution in [2.45, 2.75) is 107 Å². The average Bonchev–Trinajstić information content (AvgIpc) is 3.69. The normalized spacial score (nSPS) is 17.4. The zero-order valence-electron chi connectivity index (χ0n) is 32.4. The highest BCUT2D eigenvalue weighted by Crippen LogP contribution is 2.19. The molecule has 1 aliphatic rings. The van der Waals surface area contributed by atoms with Crippen molar-refractivity contribution in [1.82, 2.24) is 31.5 Å². The van der Waals surface area contributed by atoms with Gasteiger partial charge in [-0.1, -0.05) is 30.3 Å². The minimum atomic E-state index is -1.45. The molecule has 6 amide bonds. The van der Waals surface area contributed by atoms with E-state index in [1.54, 1.807) is 30.3 Å². The molecule has 8 atom stereocenters. The van der Waals surface area contributed by atoms with E-state index in [2.05, 4.69) is 37.3 Å². The van der Waals surface area contributed by atoms with E-state index in [9.17, 15) is 48.9 Å². The van der Waals surface area contributed by atoms with Crippen LogP contribution in [0.2, 0.25) is 0 Å². The van der Waals surface area contributed by atoms with Crippen molar-refractivity contribution in [2.24, 2.45) is 17.2 Å². The number of likely N-dealkylation sites (tertiary alicyclic amines) is 1. The fraction of sp³-hybridized carbons (Fsp3) is 0.611. The number of aliphatic hydroxyl groups excluding tert-OH is 3. The molecule has 0 unspecified atom stereocenters. The van der Waals surface area contributed by atoms with Gasteiger partial charge in [0, 0.05) is 13.0 Å². The first kappa shape index (κ1) is 47.9. The van der Waals surface area contributed by atoms with Crippen molar-refractivity contribution in [1.29, 1.82) is 0 Å². The molecule has 0 bridgehead atoms. The van der Waals surface area contributed by atoms with Crippen molar-refractivity contribution in [3.05, 3.63) is 35.9 Å². The molecule has 18 N–H and O–H groups in total. The summed E-state index contributed by atoms with van der Waals surface area (Å²) < 4.78 is 0. The van der Waals surface area contributed by atoms with E-state index >= 15 is 0 Å². The first-order chi connectivity index (χ1) is 27.2. The Morgan fingerprint density at radius 2 is 1.46 bits per heavy atom. The third kappa shape index (κ3) is 16.0. The van der Waals surface area contributed by atoms with E-state index < -0.39 is 97.1 Å². The second-order valence-corrected chi connectivity index (χ2v) is 13.9. The van der Waals surface area contributed by atoms with Crippen LogP contribution in [0.3, 0.4) is 0 Å². The van der Waals surface area contributed by atoms with Crippen molar-refractivity contribution < 1.29 is 59.6 Å². The lowest BCUT2D eigenvalue weighted by atomic mass is 10.0. The highest BCUT2D eigenvalue weighted by Gasteiger charge is 2.40. The smallest absolute Gasteiger partial charge is 0.338 e. The molecule has 1 heterocycles. The van der Waals surface area contributed by atoms with Crippen LogP contribution in [0.25, 0.3) is 0 Å². The molecule has 2 rings (SSSR count). The van der Waals surface area contributed by atoms with Crippen LogP contribution in [0.4, 0.5) is 0 Å².